The van der Waals surface area contributed by atoms with Crippen molar-refractivity contribution in [2.24, 2.45) is 23.7 Å². The van der Waals surface area contributed by atoms with E-state index >= 15 is 19.2 Å². The Bertz CT molecular complexity index is 3180. The van der Waals surface area contributed by atoms with Crippen LogP contribution in [0.2, 0.25) is 0 Å². The molecule has 0 aromatic heterocycles. The van der Waals surface area contributed by atoms with Crippen LogP contribution in [0.5, 0.6) is 0 Å². The molecule has 0 saturated carbocycles. The van der Waals surface area contributed by atoms with Crippen LogP contribution < -0.4 is 19.6 Å². The number of nitrogens with zero attached hydrogens (tertiary/aromatic N) is 4. The lowest BCUT2D eigenvalue weighted by Gasteiger charge is -2.26. The number of amides is 4. The Morgan fingerprint density at radius 2 is 0.315 bits per heavy atom. The third-order valence-electron chi connectivity index (χ3n) is 31.0. The zero-order valence-electron chi connectivity index (χ0n) is 88.4. The summed E-state index contributed by atoms with van der Waals surface area (Å²) in [6, 6.07) is 9.19. The van der Waals surface area contributed by atoms with Gasteiger partial charge in [-0.05, 0) is 127 Å². The van der Waals surface area contributed by atoms with Gasteiger partial charge in [0.15, 0.2) is 0 Å². The van der Waals surface area contributed by atoms with Crippen molar-refractivity contribution in [1.82, 2.24) is 0 Å². The predicted molar refractivity (Wildman–Crippen MR) is 574 cm³/mol. The van der Waals surface area contributed by atoms with Crippen molar-refractivity contribution in [3.63, 3.8) is 0 Å². The molecule has 0 saturated heterocycles. The standard InChI is InChI=1S/C122H212N4O4/c1-13-21-29-37-45-53-57-65-73-81-87-103(85-77-69-61-49-41-33-25-17-5)97-123-111-95-109-113(93-107(111)115(101(9)10)119(123)127)125(99-105(89-79-71-63-51-43-35-27-19-7)91-83-75-67-59-55-47-39-31-23-15-3)121(129)117(109)118-110-96-112-108(94-114(110)126(122(118)130)100-106(90-80-72-64-52-44-36-28-20-8)92-84-76-68-60-56-48-40-32-24-16-4)116(102(11)12)120(128)124(112)98-104(86-78-70-62-50-42-34-26-18-6)88-82-74-66-58-54-46-38-30-22-14-2/h93-96,103-106H,13-92,97-100H2,1-12H3/b118-117+. The van der Waals surface area contributed by atoms with Crippen molar-refractivity contribution in [2.45, 2.75) is 597 Å². The van der Waals surface area contributed by atoms with E-state index in [0.29, 0.717) is 49.2 Å². The summed E-state index contributed by atoms with van der Waals surface area (Å²) >= 11 is 0. The molecule has 2 aromatic carbocycles. The third-order valence-corrected chi connectivity index (χ3v) is 31.0. The Labute approximate surface area is 806 Å². The number of hydrogen-bond acceptors (Lipinski definition) is 4. The molecule has 4 heterocycles. The van der Waals surface area contributed by atoms with Crippen molar-refractivity contribution in [1.29, 1.82) is 0 Å². The van der Waals surface area contributed by atoms with Gasteiger partial charge in [0.25, 0.3) is 23.6 Å². The minimum atomic E-state index is -0.0508. The molecule has 2 aromatic rings. The Balaban J connectivity index is 1.58. The fraction of sp³-hybridized carbons (Fsp3) is 0.820. The predicted octanol–water partition coefficient (Wildman–Crippen LogP) is 39.4. The van der Waals surface area contributed by atoms with Gasteiger partial charge >= 0.3 is 0 Å². The lowest BCUT2D eigenvalue weighted by Crippen LogP contribution is -2.34. The molecule has 6 rings (SSSR count). The first-order valence-corrected chi connectivity index (χ1v) is 58.5. The van der Waals surface area contributed by atoms with E-state index in [1.807, 2.05) is 0 Å². The van der Waals surface area contributed by atoms with Gasteiger partial charge in [0.1, 0.15) is 0 Å². The van der Waals surface area contributed by atoms with Gasteiger partial charge in [-0.1, -0.05) is 529 Å². The van der Waals surface area contributed by atoms with E-state index < -0.39 is 0 Å². The van der Waals surface area contributed by atoms with Crippen molar-refractivity contribution in [3.8, 4) is 0 Å². The number of rotatable bonds is 88. The summed E-state index contributed by atoms with van der Waals surface area (Å²) in [5, 5.41) is 0. The first-order chi connectivity index (χ1) is 63.7. The number of carbonyl (C=O) groups excluding carboxylic acids is 4. The first-order valence-electron chi connectivity index (χ1n) is 58.5. The summed E-state index contributed by atoms with van der Waals surface area (Å²) in [4.78, 5) is 75.7. The van der Waals surface area contributed by atoms with E-state index in [-0.39, 0.29) is 35.5 Å². The van der Waals surface area contributed by atoms with Crippen LogP contribution >= 0.6 is 0 Å². The molecule has 4 unspecified atom stereocenters. The second-order valence-electron chi connectivity index (χ2n) is 43.3. The van der Waals surface area contributed by atoms with E-state index in [1.165, 1.54) is 437 Å². The van der Waals surface area contributed by atoms with Crippen LogP contribution in [0.1, 0.15) is 619 Å². The molecular formula is C122H212N4O4. The number of unbranched alkanes of at least 4 members (excludes halogenated alkanes) is 64. The average Bonchev–Trinajstić information content (AvgIpc) is 1.54. The van der Waals surface area contributed by atoms with Gasteiger partial charge in [-0.3, -0.25) is 19.2 Å². The fourth-order valence-corrected chi connectivity index (χ4v) is 22.8. The maximum absolute atomic E-state index is 17.4. The summed E-state index contributed by atoms with van der Waals surface area (Å²) in [6.45, 7) is 29.6. The van der Waals surface area contributed by atoms with E-state index in [2.05, 4.69) is 127 Å². The lowest BCUT2D eigenvalue weighted by molar-refractivity contribution is -0.114. The highest BCUT2D eigenvalue weighted by molar-refractivity contribution is 6.50. The summed E-state index contributed by atoms with van der Waals surface area (Å²) in [6.07, 6.45) is 102. The Morgan fingerprint density at radius 1 is 0.185 bits per heavy atom. The Hall–Kier alpha value is -4.46. The summed E-state index contributed by atoms with van der Waals surface area (Å²) in [5.41, 5.74) is 11.9. The smallest absolute Gasteiger partial charge is 0.259 e. The molecule has 8 heteroatoms. The second-order valence-corrected chi connectivity index (χ2v) is 43.3. The SMILES string of the molecule is CCCCCCCCCCCCC(CCCCCCCCCC)CN1C(=O)C(=C(C)C)c2cc3c(cc21)/C(=C1\C(=O)N(CC(CCCCCCCCCC)CCCCCCCCCCCC)c2cc4c(cc21)N(CC(CCCCCCCCCC)CCCCCCCCCCCC)C(=O)C4=C(C)C)C(=O)N3CC(CCCCCCCCCC)CCCCCCCCCCCC. The van der Waals surface area contributed by atoms with E-state index in [4.69, 9.17) is 0 Å². The zero-order chi connectivity index (χ0) is 93.2. The van der Waals surface area contributed by atoms with Gasteiger partial charge in [0, 0.05) is 59.6 Å². The van der Waals surface area contributed by atoms with E-state index in [0.717, 1.165) is 144 Å². The zero-order valence-corrected chi connectivity index (χ0v) is 88.4. The van der Waals surface area contributed by atoms with Gasteiger partial charge in [-0.2, -0.15) is 0 Å². The minimum Gasteiger partial charge on any atom is -0.307 e. The molecule has 0 aliphatic carbocycles. The number of allylic oxidation sites excluding steroid dienone is 2. The maximum atomic E-state index is 17.4. The third kappa shape index (κ3) is 43.1. The number of fused-ring (bicyclic) bond motifs is 4. The number of hydrogen-bond donors (Lipinski definition) is 0. The summed E-state index contributed by atoms with van der Waals surface area (Å²) in [7, 11) is 0. The number of anilines is 4. The molecule has 0 N–H and O–H groups in total. The van der Waals surface area contributed by atoms with Crippen LogP contribution in [0.4, 0.5) is 22.7 Å². The van der Waals surface area contributed by atoms with Crippen LogP contribution in [0.3, 0.4) is 0 Å². The lowest BCUT2D eigenvalue weighted by atomic mass is 9.92. The van der Waals surface area contributed by atoms with Crippen molar-refractivity contribution < 1.29 is 19.2 Å². The highest BCUT2D eigenvalue weighted by Crippen LogP contribution is 2.55. The quantitative estimate of drug-likeness (QED) is 0.0488. The molecule has 4 aliphatic heterocycles. The maximum Gasteiger partial charge on any atom is 0.259 e. The van der Waals surface area contributed by atoms with Crippen LogP contribution in [0.25, 0.3) is 22.3 Å². The molecule has 130 heavy (non-hydrogen) atoms. The van der Waals surface area contributed by atoms with Crippen LogP contribution in [-0.2, 0) is 19.2 Å². The summed E-state index contributed by atoms with van der Waals surface area (Å²) < 4.78 is 0. The number of benzene rings is 2. The molecule has 0 fully saturated rings. The topological polar surface area (TPSA) is 81.2 Å². The molecule has 0 bridgehead atoms. The first kappa shape index (κ1) is 114. The van der Waals surface area contributed by atoms with Crippen LogP contribution in [0.15, 0.2) is 35.4 Å². The molecular weight excluding hydrogens is 1590 g/mol. The van der Waals surface area contributed by atoms with Gasteiger partial charge in [0.2, 0.25) is 0 Å². The monoisotopic (exact) mass is 1800 g/mol. The van der Waals surface area contributed by atoms with E-state index in [9.17, 15) is 0 Å². The minimum absolute atomic E-state index is 0.0508. The molecule has 4 amide bonds. The molecule has 744 valence electrons. The average molecular weight is 1800 g/mol. The largest absolute Gasteiger partial charge is 0.307 e. The van der Waals surface area contributed by atoms with Gasteiger partial charge in [-0.25, -0.2) is 0 Å². The summed E-state index contributed by atoms with van der Waals surface area (Å²) in [5.74, 6) is 1.36. The molecule has 0 radical (unpaired) electrons. The van der Waals surface area contributed by atoms with Crippen molar-refractivity contribution in [2.75, 3.05) is 45.8 Å². The second kappa shape index (κ2) is 72.8. The molecule has 0 spiro atoms. The van der Waals surface area contributed by atoms with Crippen molar-refractivity contribution in [3.05, 3.63) is 57.7 Å². The highest BCUT2D eigenvalue weighted by Gasteiger charge is 2.48. The fourth-order valence-electron chi connectivity index (χ4n) is 22.8. The van der Waals surface area contributed by atoms with Crippen LogP contribution in [-0.4, -0.2) is 49.8 Å². The highest BCUT2D eigenvalue weighted by atomic mass is 16.2. The number of carbonyl (C=O) groups is 4. The van der Waals surface area contributed by atoms with Crippen molar-refractivity contribution >= 4 is 68.7 Å². The Kier molecular flexibility index (Phi) is 64.0. The van der Waals surface area contributed by atoms with Gasteiger partial charge < -0.3 is 19.6 Å². The Morgan fingerprint density at radius 3 is 0.469 bits per heavy atom. The van der Waals surface area contributed by atoms with Gasteiger partial charge in [0.05, 0.1) is 33.9 Å². The van der Waals surface area contributed by atoms with Crippen LogP contribution in [0, 0.1) is 23.7 Å². The molecule has 4 aliphatic rings. The normalized spacial score (nSPS) is 15.3. The molecule has 4 atom stereocenters. The van der Waals surface area contributed by atoms with E-state index in [1.54, 1.807) is 0 Å². The molecule has 8 nitrogen and oxygen atoms in total. The van der Waals surface area contributed by atoms with Gasteiger partial charge in [-0.15, -0.1) is 0 Å².